The predicted octanol–water partition coefficient (Wildman–Crippen LogP) is 3.45. The van der Waals surface area contributed by atoms with E-state index in [0.717, 1.165) is 0 Å². The number of carbonyl (C=O) groups excluding carboxylic acids is 2. The second kappa shape index (κ2) is 10.1. The number of ether oxygens (including phenoxy) is 1. The van der Waals surface area contributed by atoms with E-state index in [1.54, 1.807) is 48.5 Å². The molecule has 5 N–H and O–H groups in total. The number of para-hydroxylation sites is 1. The molecule has 1 atom stereocenters. The van der Waals surface area contributed by atoms with E-state index >= 15 is 0 Å². The molecule has 0 radical (unpaired) electrons. The van der Waals surface area contributed by atoms with E-state index < -0.39 is 23.8 Å². The van der Waals surface area contributed by atoms with Gasteiger partial charge in [0.1, 0.15) is 11.5 Å². The van der Waals surface area contributed by atoms with Gasteiger partial charge in [0.15, 0.2) is 0 Å². The highest BCUT2D eigenvalue weighted by Crippen LogP contribution is 2.26. The Kier molecular flexibility index (Phi) is 7.59. The summed E-state index contributed by atoms with van der Waals surface area (Å²) < 4.78 is 5.68. The van der Waals surface area contributed by atoms with Gasteiger partial charge in [0, 0.05) is 12.2 Å². The molecule has 1 unspecified atom stereocenters. The van der Waals surface area contributed by atoms with Crippen LogP contribution in [0.25, 0.3) is 0 Å². The van der Waals surface area contributed by atoms with E-state index in [1.807, 2.05) is 13.8 Å². The van der Waals surface area contributed by atoms with Crippen LogP contribution < -0.4 is 21.1 Å². The molecule has 154 valence electrons. The Balaban J connectivity index is 1.93. The Bertz CT molecular complexity index is 865. The van der Waals surface area contributed by atoms with Gasteiger partial charge in [-0.3, -0.25) is 9.59 Å². The summed E-state index contributed by atoms with van der Waals surface area (Å²) >= 11 is 0. The molecule has 0 aliphatic heterocycles. The van der Waals surface area contributed by atoms with Gasteiger partial charge in [-0.2, -0.15) is 0 Å². The van der Waals surface area contributed by atoms with Crippen LogP contribution in [0.4, 0.5) is 10.5 Å². The topological polar surface area (TPSA) is 131 Å². The van der Waals surface area contributed by atoms with Crippen molar-refractivity contribution < 1.29 is 24.2 Å². The summed E-state index contributed by atoms with van der Waals surface area (Å²) in [5.41, 5.74) is 6.11. The summed E-state index contributed by atoms with van der Waals surface area (Å²) in [4.78, 5) is 34.7. The molecule has 0 aliphatic carbocycles. The molecule has 2 aromatic carbocycles. The minimum Gasteiger partial charge on any atom is -0.481 e. The molecule has 8 heteroatoms. The fourth-order valence-corrected chi connectivity index (χ4v) is 2.72. The van der Waals surface area contributed by atoms with Crippen LogP contribution in [-0.2, 0) is 4.79 Å². The molecule has 0 saturated carbocycles. The fraction of sp³-hybridized carbons (Fsp3) is 0.286. The molecular formula is C21H25N3O5. The highest BCUT2D eigenvalue weighted by molar-refractivity contribution is 5.95. The molecule has 2 rings (SSSR count). The lowest BCUT2D eigenvalue weighted by Gasteiger charge is -2.16. The monoisotopic (exact) mass is 399 g/mol. The van der Waals surface area contributed by atoms with Crippen molar-refractivity contribution in [2.24, 2.45) is 17.6 Å². The van der Waals surface area contributed by atoms with Gasteiger partial charge in [0.2, 0.25) is 0 Å². The zero-order valence-electron chi connectivity index (χ0n) is 16.3. The van der Waals surface area contributed by atoms with Crippen LogP contribution in [0.2, 0.25) is 0 Å². The molecule has 8 nitrogen and oxygen atoms in total. The molecule has 0 aliphatic rings. The maximum atomic E-state index is 12.0. The van der Waals surface area contributed by atoms with Crippen LogP contribution in [0.1, 0.15) is 30.6 Å². The summed E-state index contributed by atoms with van der Waals surface area (Å²) in [6.45, 7) is 3.91. The quantitative estimate of drug-likeness (QED) is 0.513. The van der Waals surface area contributed by atoms with E-state index in [0.29, 0.717) is 23.6 Å². The van der Waals surface area contributed by atoms with Crippen LogP contribution in [0.5, 0.6) is 11.5 Å². The minimum absolute atomic E-state index is 0.0461. The van der Waals surface area contributed by atoms with E-state index in [2.05, 4.69) is 10.6 Å². The Labute approximate surface area is 169 Å². The smallest absolute Gasteiger partial charge is 0.319 e. The number of urea groups is 1. The number of carboxylic acids is 1. The van der Waals surface area contributed by atoms with Crippen molar-refractivity contribution in [3.63, 3.8) is 0 Å². The molecule has 0 heterocycles. The lowest BCUT2D eigenvalue weighted by Crippen LogP contribution is -2.36. The van der Waals surface area contributed by atoms with Crippen LogP contribution in [0, 0.1) is 11.8 Å². The van der Waals surface area contributed by atoms with Gasteiger partial charge in [-0.25, -0.2) is 4.79 Å². The second-order valence-electron chi connectivity index (χ2n) is 6.99. The summed E-state index contributed by atoms with van der Waals surface area (Å²) in [6, 6.07) is 12.7. The third-order valence-electron chi connectivity index (χ3n) is 4.11. The number of aliphatic carboxylic acids is 1. The number of nitrogens with one attached hydrogen (secondary N) is 2. The van der Waals surface area contributed by atoms with Crippen LogP contribution in [0.3, 0.4) is 0 Å². The summed E-state index contributed by atoms with van der Waals surface area (Å²) in [5, 5.41) is 14.4. The highest BCUT2D eigenvalue weighted by Gasteiger charge is 2.19. The maximum Gasteiger partial charge on any atom is 0.319 e. The van der Waals surface area contributed by atoms with E-state index in [4.69, 9.17) is 10.5 Å². The lowest BCUT2D eigenvalue weighted by atomic mass is 9.97. The number of carboxylic acid groups (broad SMARTS) is 1. The third kappa shape index (κ3) is 6.84. The standard InChI is InChI=1S/C21H25N3O5/c1-13(2)11-14(20(26)27)12-23-21(28)24-15-7-9-16(10-8-15)29-18-6-4-3-5-17(18)19(22)25/h3-10,13-14H,11-12H2,1-2H3,(H2,22,25)(H,26,27)(H2,23,24,28). The number of hydrogen-bond acceptors (Lipinski definition) is 4. The predicted molar refractivity (Wildman–Crippen MR) is 109 cm³/mol. The molecule has 0 saturated heterocycles. The van der Waals surface area contributed by atoms with Gasteiger partial charge >= 0.3 is 12.0 Å². The highest BCUT2D eigenvalue weighted by atomic mass is 16.5. The van der Waals surface area contributed by atoms with Gasteiger partial charge < -0.3 is 26.2 Å². The summed E-state index contributed by atoms with van der Waals surface area (Å²) in [7, 11) is 0. The third-order valence-corrected chi connectivity index (χ3v) is 4.11. The van der Waals surface area contributed by atoms with Crippen molar-refractivity contribution in [2.45, 2.75) is 20.3 Å². The fourth-order valence-electron chi connectivity index (χ4n) is 2.72. The van der Waals surface area contributed by atoms with Gasteiger partial charge in [-0.1, -0.05) is 26.0 Å². The first-order chi connectivity index (χ1) is 13.8. The first-order valence-electron chi connectivity index (χ1n) is 9.20. The van der Waals surface area contributed by atoms with Crippen LogP contribution in [0.15, 0.2) is 48.5 Å². The largest absolute Gasteiger partial charge is 0.481 e. The van der Waals surface area contributed by atoms with Crippen molar-refractivity contribution in [1.82, 2.24) is 5.32 Å². The Hall–Kier alpha value is -3.55. The molecular weight excluding hydrogens is 374 g/mol. The van der Waals surface area contributed by atoms with Gasteiger partial charge in [-0.15, -0.1) is 0 Å². The zero-order chi connectivity index (χ0) is 21.4. The molecule has 29 heavy (non-hydrogen) atoms. The molecule has 0 bridgehead atoms. The van der Waals surface area contributed by atoms with Gasteiger partial charge in [0.05, 0.1) is 11.5 Å². The van der Waals surface area contributed by atoms with Crippen molar-refractivity contribution in [3.8, 4) is 11.5 Å². The van der Waals surface area contributed by atoms with Crippen molar-refractivity contribution in [3.05, 3.63) is 54.1 Å². The average molecular weight is 399 g/mol. The first-order valence-corrected chi connectivity index (χ1v) is 9.20. The van der Waals surface area contributed by atoms with Crippen molar-refractivity contribution in [2.75, 3.05) is 11.9 Å². The van der Waals surface area contributed by atoms with Gasteiger partial charge in [0.25, 0.3) is 5.91 Å². The lowest BCUT2D eigenvalue weighted by molar-refractivity contribution is -0.142. The number of primary amides is 1. The number of benzene rings is 2. The second-order valence-corrected chi connectivity index (χ2v) is 6.99. The minimum atomic E-state index is -0.934. The van der Waals surface area contributed by atoms with E-state index in [1.165, 1.54) is 0 Å². The van der Waals surface area contributed by atoms with Crippen molar-refractivity contribution >= 4 is 23.6 Å². The normalized spacial score (nSPS) is 11.6. The number of carbonyl (C=O) groups is 3. The molecule has 2 aromatic rings. The molecule has 0 fully saturated rings. The first kappa shape index (κ1) is 21.7. The Morgan fingerprint density at radius 3 is 2.31 bits per heavy atom. The number of amides is 3. The molecule has 0 aromatic heterocycles. The maximum absolute atomic E-state index is 12.0. The van der Waals surface area contributed by atoms with Crippen molar-refractivity contribution in [1.29, 1.82) is 0 Å². The summed E-state index contributed by atoms with van der Waals surface area (Å²) in [5.74, 6) is -1.14. The molecule has 3 amide bonds. The number of hydrogen-bond donors (Lipinski definition) is 4. The van der Waals surface area contributed by atoms with E-state index in [-0.39, 0.29) is 18.0 Å². The zero-order valence-corrected chi connectivity index (χ0v) is 16.3. The Morgan fingerprint density at radius 2 is 1.72 bits per heavy atom. The van der Waals surface area contributed by atoms with Crippen LogP contribution >= 0.6 is 0 Å². The molecule has 0 spiro atoms. The number of anilines is 1. The van der Waals surface area contributed by atoms with Gasteiger partial charge in [-0.05, 0) is 48.7 Å². The number of nitrogens with two attached hydrogens (primary N) is 1. The van der Waals surface area contributed by atoms with Crippen LogP contribution in [-0.4, -0.2) is 29.6 Å². The number of rotatable bonds is 9. The average Bonchev–Trinajstić information content (AvgIpc) is 2.66. The SMILES string of the molecule is CC(C)CC(CNC(=O)Nc1ccc(Oc2ccccc2C(N)=O)cc1)C(=O)O. The van der Waals surface area contributed by atoms with E-state index in [9.17, 15) is 19.5 Å². The summed E-state index contributed by atoms with van der Waals surface area (Å²) in [6.07, 6.45) is 0.481. The Morgan fingerprint density at radius 1 is 1.07 bits per heavy atom.